The van der Waals surface area contributed by atoms with E-state index >= 15 is 0 Å². The van der Waals surface area contributed by atoms with Crippen molar-refractivity contribution in [2.75, 3.05) is 0 Å². The predicted octanol–water partition coefficient (Wildman–Crippen LogP) is 1.99. The van der Waals surface area contributed by atoms with Crippen molar-refractivity contribution in [2.45, 2.75) is 25.9 Å². The van der Waals surface area contributed by atoms with Crippen LogP contribution in [0.25, 0.3) is 11.0 Å². The third-order valence-electron chi connectivity index (χ3n) is 3.37. The van der Waals surface area contributed by atoms with Gasteiger partial charge in [-0.2, -0.15) is 0 Å². The predicted molar refractivity (Wildman–Crippen MR) is 75.7 cm³/mol. The van der Waals surface area contributed by atoms with Crippen LogP contribution in [0, 0.1) is 0 Å². The van der Waals surface area contributed by atoms with E-state index in [4.69, 9.17) is 10.3 Å². The van der Waals surface area contributed by atoms with E-state index in [1.807, 2.05) is 28.9 Å². The van der Waals surface area contributed by atoms with Gasteiger partial charge in [0.25, 0.3) is 0 Å². The van der Waals surface area contributed by atoms with Crippen molar-refractivity contribution in [3.05, 3.63) is 48.0 Å². The second kappa shape index (κ2) is 5.44. The standard InChI is InChI=1S/C14H17N5O/c1-2-7-19-12(8-16-18-19)14(17-15)11-9-20-13-6-4-3-5-10(11)13/h3-6,8-9,14,17H,2,7,15H2,1H3. The SMILES string of the molecule is CCCn1nncc1C(NN)c1coc2ccccc12. The van der Waals surface area contributed by atoms with Crippen LogP contribution in [-0.2, 0) is 6.54 Å². The molecular weight excluding hydrogens is 254 g/mol. The molecule has 0 saturated heterocycles. The Morgan fingerprint density at radius 2 is 2.25 bits per heavy atom. The van der Waals surface area contributed by atoms with Crippen LogP contribution in [0.4, 0.5) is 0 Å². The third kappa shape index (κ3) is 2.09. The first-order valence-corrected chi connectivity index (χ1v) is 6.65. The van der Waals surface area contributed by atoms with Gasteiger partial charge in [-0.05, 0) is 12.5 Å². The van der Waals surface area contributed by atoms with Crippen molar-refractivity contribution in [2.24, 2.45) is 5.84 Å². The van der Waals surface area contributed by atoms with Gasteiger partial charge in [0, 0.05) is 17.5 Å². The van der Waals surface area contributed by atoms with Crippen molar-refractivity contribution in [1.29, 1.82) is 0 Å². The summed E-state index contributed by atoms with van der Waals surface area (Å²) in [5, 5.41) is 9.13. The summed E-state index contributed by atoms with van der Waals surface area (Å²) >= 11 is 0. The van der Waals surface area contributed by atoms with Crippen molar-refractivity contribution in [3.63, 3.8) is 0 Å². The number of aromatic nitrogens is 3. The Labute approximate surface area is 116 Å². The fourth-order valence-corrected chi connectivity index (χ4v) is 2.43. The van der Waals surface area contributed by atoms with Gasteiger partial charge in [-0.3, -0.25) is 5.84 Å². The lowest BCUT2D eigenvalue weighted by Crippen LogP contribution is -2.30. The lowest BCUT2D eigenvalue weighted by molar-refractivity contribution is 0.508. The van der Waals surface area contributed by atoms with Crippen LogP contribution >= 0.6 is 0 Å². The normalized spacial score (nSPS) is 12.9. The molecule has 3 rings (SSSR count). The number of aryl methyl sites for hydroxylation is 1. The number of nitrogens with one attached hydrogen (secondary N) is 1. The molecule has 6 heteroatoms. The second-order valence-corrected chi connectivity index (χ2v) is 4.67. The summed E-state index contributed by atoms with van der Waals surface area (Å²) in [5.74, 6) is 5.75. The van der Waals surface area contributed by atoms with E-state index in [2.05, 4.69) is 22.7 Å². The number of rotatable bonds is 5. The molecule has 1 unspecified atom stereocenters. The third-order valence-corrected chi connectivity index (χ3v) is 3.37. The van der Waals surface area contributed by atoms with Crippen LogP contribution in [0.1, 0.15) is 30.6 Å². The van der Waals surface area contributed by atoms with Crippen LogP contribution in [0.3, 0.4) is 0 Å². The fourth-order valence-electron chi connectivity index (χ4n) is 2.43. The Kier molecular flexibility index (Phi) is 3.49. The quantitative estimate of drug-likeness (QED) is 0.548. The first-order chi connectivity index (χ1) is 9.85. The summed E-state index contributed by atoms with van der Waals surface area (Å²) < 4.78 is 7.45. The van der Waals surface area contributed by atoms with Gasteiger partial charge in [-0.25, -0.2) is 10.1 Å². The summed E-state index contributed by atoms with van der Waals surface area (Å²) in [6.45, 7) is 2.91. The van der Waals surface area contributed by atoms with E-state index in [1.165, 1.54) is 0 Å². The molecule has 0 fully saturated rings. The van der Waals surface area contributed by atoms with Crippen molar-refractivity contribution in [1.82, 2.24) is 20.4 Å². The number of hydrazine groups is 1. The number of nitrogens with two attached hydrogens (primary N) is 1. The lowest BCUT2D eigenvalue weighted by atomic mass is 10.0. The zero-order valence-corrected chi connectivity index (χ0v) is 11.3. The van der Waals surface area contributed by atoms with Gasteiger partial charge in [-0.1, -0.05) is 30.3 Å². The van der Waals surface area contributed by atoms with Crippen LogP contribution in [0.15, 0.2) is 41.1 Å². The zero-order valence-electron chi connectivity index (χ0n) is 11.3. The number of benzene rings is 1. The van der Waals surface area contributed by atoms with Crippen LogP contribution in [0.2, 0.25) is 0 Å². The van der Waals surface area contributed by atoms with Gasteiger partial charge >= 0.3 is 0 Å². The largest absolute Gasteiger partial charge is 0.464 e. The fraction of sp³-hybridized carbons (Fsp3) is 0.286. The van der Waals surface area contributed by atoms with Gasteiger partial charge in [0.2, 0.25) is 0 Å². The van der Waals surface area contributed by atoms with Crippen LogP contribution < -0.4 is 11.3 Å². The van der Waals surface area contributed by atoms with E-state index in [1.54, 1.807) is 12.5 Å². The molecule has 6 nitrogen and oxygen atoms in total. The Bertz CT molecular complexity index is 702. The molecule has 3 N–H and O–H groups in total. The summed E-state index contributed by atoms with van der Waals surface area (Å²) in [4.78, 5) is 0. The molecule has 0 radical (unpaired) electrons. The number of nitrogens with zero attached hydrogens (tertiary/aromatic N) is 3. The summed E-state index contributed by atoms with van der Waals surface area (Å²) in [6, 6.07) is 7.69. The smallest absolute Gasteiger partial charge is 0.134 e. The van der Waals surface area contributed by atoms with E-state index in [-0.39, 0.29) is 6.04 Å². The van der Waals surface area contributed by atoms with Crippen molar-refractivity contribution >= 4 is 11.0 Å². The molecule has 104 valence electrons. The maximum Gasteiger partial charge on any atom is 0.134 e. The lowest BCUT2D eigenvalue weighted by Gasteiger charge is -2.15. The van der Waals surface area contributed by atoms with Gasteiger partial charge in [0.05, 0.1) is 24.2 Å². The van der Waals surface area contributed by atoms with E-state index in [0.29, 0.717) is 0 Å². The van der Waals surface area contributed by atoms with Gasteiger partial charge in [0.15, 0.2) is 0 Å². The molecule has 2 heterocycles. The summed E-state index contributed by atoms with van der Waals surface area (Å²) in [5.41, 5.74) is 5.60. The molecule has 1 aromatic carbocycles. The molecule has 0 bridgehead atoms. The molecule has 0 spiro atoms. The number of fused-ring (bicyclic) bond motifs is 1. The molecule has 0 aliphatic rings. The number of hydrogen-bond donors (Lipinski definition) is 2. The molecule has 0 aliphatic heterocycles. The highest BCUT2D eigenvalue weighted by Crippen LogP contribution is 2.29. The Hall–Kier alpha value is -2.18. The highest BCUT2D eigenvalue weighted by Gasteiger charge is 2.21. The molecule has 1 atom stereocenters. The summed E-state index contributed by atoms with van der Waals surface area (Å²) in [6.07, 6.45) is 4.46. The van der Waals surface area contributed by atoms with Crippen molar-refractivity contribution in [3.8, 4) is 0 Å². The van der Waals surface area contributed by atoms with Gasteiger partial charge < -0.3 is 4.42 Å². The Morgan fingerprint density at radius 3 is 3.05 bits per heavy atom. The number of para-hydroxylation sites is 1. The minimum absolute atomic E-state index is 0.194. The van der Waals surface area contributed by atoms with Crippen molar-refractivity contribution < 1.29 is 4.42 Å². The minimum atomic E-state index is -0.194. The number of furan rings is 1. The molecular formula is C14H17N5O. The molecule has 3 aromatic rings. The molecule has 0 saturated carbocycles. The van der Waals surface area contributed by atoms with Crippen LogP contribution in [-0.4, -0.2) is 15.0 Å². The van der Waals surface area contributed by atoms with Gasteiger partial charge in [0.1, 0.15) is 5.58 Å². The molecule has 0 amide bonds. The maximum absolute atomic E-state index is 5.75. The van der Waals surface area contributed by atoms with Crippen LogP contribution in [0.5, 0.6) is 0 Å². The highest BCUT2D eigenvalue weighted by atomic mass is 16.3. The molecule has 2 aromatic heterocycles. The highest BCUT2D eigenvalue weighted by molar-refractivity contribution is 5.81. The average molecular weight is 271 g/mol. The zero-order chi connectivity index (χ0) is 13.9. The van der Waals surface area contributed by atoms with E-state index in [9.17, 15) is 0 Å². The average Bonchev–Trinajstić information content (AvgIpc) is 3.09. The topological polar surface area (TPSA) is 81.9 Å². The Balaban J connectivity index is 2.07. The van der Waals surface area contributed by atoms with Gasteiger partial charge in [-0.15, -0.1) is 5.10 Å². The maximum atomic E-state index is 5.75. The first kappa shape index (κ1) is 12.8. The second-order valence-electron chi connectivity index (χ2n) is 4.67. The minimum Gasteiger partial charge on any atom is -0.464 e. The first-order valence-electron chi connectivity index (χ1n) is 6.65. The monoisotopic (exact) mass is 271 g/mol. The Morgan fingerprint density at radius 1 is 1.40 bits per heavy atom. The van der Waals surface area contributed by atoms with E-state index < -0.39 is 0 Å². The number of hydrogen-bond acceptors (Lipinski definition) is 5. The molecule has 20 heavy (non-hydrogen) atoms. The van der Waals surface area contributed by atoms with E-state index in [0.717, 1.165) is 35.2 Å². The molecule has 0 aliphatic carbocycles. The summed E-state index contributed by atoms with van der Waals surface area (Å²) in [7, 11) is 0.